The number of piperidine rings is 1. The first kappa shape index (κ1) is 28.7. The highest BCUT2D eigenvalue weighted by molar-refractivity contribution is 6.30. The minimum absolute atomic E-state index is 0.149. The van der Waals surface area contributed by atoms with Gasteiger partial charge in [0.15, 0.2) is 0 Å². The molecule has 3 heterocycles. The Kier molecular flexibility index (Phi) is 7.89. The molecule has 4 N–H and O–H groups in total. The van der Waals surface area contributed by atoms with E-state index in [0.29, 0.717) is 56.0 Å². The number of nitrogens with one attached hydrogen (secondary N) is 1. The van der Waals surface area contributed by atoms with Crippen molar-refractivity contribution in [1.29, 1.82) is 0 Å². The van der Waals surface area contributed by atoms with Gasteiger partial charge < -0.3 is 30.5 Å². The summed E-state index contributed by atoms with van der Waals surface area (Å²) in [6.45, 7) is 1.66. The molecule has 2 aliphatic heterocycles. The van der Waals surface area contributed by atoms with Crippen LogP contribution in [0.4, 0.5) is 24.9 Å². The summed E-state index contributed by atoms with van der Waals surface area (Å²) < 4.78 is 54.4. The van der Waals surface area contributed by atoms with Crippen LogP contribution in [0.2, 0.25) is 5.02 Å². The number of benzene rings is 2. The van der Waals surface area contributed by atoms with Gasteiger partial charge in [-0.2, -0.15) is 23.1 Å². The third-order valence-corrected chi connectivity index (χ3v) is 7.96. The van der Waals surface area contributed by atoms with Gasteiger partial charge in [0, 0.05) is 36.3 Å². The lowest BCUT2D eigenvalue weighted by Crippen LogP contribution is -2.41. The standard InChI is InChI=1S/C28H29ClF3N5O4/c1-40-18-4-2-3-16(11-18)20-12-17(29)5-6-19(20)24(28(30,31)32)41-23-13-22(35-26(33)36-23)37-9-7-27(8-10-37)14-21(25(38)39)34-15-27/h2-6,11-13,21,24,34H,7-10,14-15H2,1H3,(H,38,39)(H2,33,35,36)/t21-,24+/m0/s1. The molecule has 5 rings (SSSR count). The van der Waals surface area contributed by atoms with Crippen LogP contribution in [0.1, 0.15) is 30.9 Å². The maximum Gasteiger partial charge on any atom is 0.429 e. The summed E-state index contributed by atoms with van der Waals surface area (Å²) >= 11 is 6.19. The average Bonchev–Trinajstić information content (AvgIpc) is 3.35. The number of nitrogen functional groups attached to an aromatic ring is 1. The normalized spacial score (nSPS) is 19.2. The van der Waals surface area contributed by atoms with Gasteiger partial charge in [-0.15, -0.1) is 0 Å². The highest BCUT2D eigenvalue weighted by Crippen LogP contribution is 2.43. The number of methoxy groups -OCH3 is 1. The Morgan fingerprint density at radius 1 is 1.20 bits per heavy atom. The lowest BCUT2D eigenvalue weighted by Gasteiger charge is -2.39. The van der Waals surface area contributed by atoms with E-state index in [9.17, 15) is 23.1 Å². The van der Waals surface area contributed by atoms with Crippen LogP contribution < -0.4 is 25.4 Å². The summed E-state index contributed by atoms with van der Waals surface area (Å²) in [5.41, 5.74) is 6.30. The van der Waals surface area contributed by atoms with Crippen molar-refractivity contribution in [3.8, 4) is 22.8 Å². The number of anilines is 2. The van der Waals surface area contributed by atoms with Crippen LogP contribution >= 0.6 is 11.6 Å². The molecule has 2 fully saturated rings. The summed E-state index contributed by atoms with van der Waals surface area (Å²) in [7, 11) is 1.47. The van der Waals surface area contributed by atoms with E-state index in [0.717, 1.165) is 0 Å². The monoisotopic (exact) mass is 591 g/mol. The Morgan fingerprint density at radius 3 is 2.61 bits per heavy atom. The highest BCUT2D eigenvalue weighted by atomic mass is 35.5. The molecule has 0 bridgehead atoms. The first-order valence-electron chi connectivity index (χ1n) is 13.0. The number of ether oxygens (including phenoxy) is 2. The molecule has 41 heavy (non-hydrogen) atoms. The number of carboxylic acids is 1. The van der Waals surface area contributed by atoms with Gasteiger partial charge in [0.1, 0.15) is 17.6 Å². The van der Waals surface area contributed by atoms with E-state index in [4.69, 9.17) is 26.8 Å². The fourth-order valence-electron chi connectivity index (χ4n) is 5.56. The average molecular weight is 592 g/mol. The van der Waals surface area contributed by atoms with Crippen LogP contribution in [0.15, 0.2) is 48.5 Å². The minimum Gasteiger partial charge on any atom is -0.497 e. The Hall–Kier alpha value is -3.77. The van der Waals surface area contributed by atoms with Crippen LogP contribution in [-0.4, -0.2) is 60.0 Å². The number of alkyl halides is 3. The summed E-state index contributed by atoms with van der Waals surface area (Å²) in [5, 5.41) is 12.7. The molecule has 0 saturated carbocycles. The van der Waals surface area contributed by atoms with Crippen molar-refractivity contribution in [3.05, 3.63) is 59.1 Å². The number of rotatable bonds is 7. The zero-order valence-electron chi connectivity index (χ0n) is 22.1. The number of nitrogens with two attached hydrogens (primary N) is 1. The van der Waals surface area contributed by atoms with Crippen molar-refractivity contribution in [2.75, 3.05) is 37.4 Å². The van der Waals surface area contributed by atoms with E-state index in [1.165, 1.54) is 31.4 Å². The predicted octanol–water partition coefficient (Wildman–Crippen LogP) is 5.10. The van der Waals surface area contributed by atoms with Crippen molar-refractivity contribution in [1.82, 2.24) is 15.3 Å². The number of hydrogen-bond acceptors (Lipinski definition) is 8. The third-order valence-electron chi connectivity index (χ3n) is 7.73. The van der Waals surface area contributed by atoms with E-state index < -0.39 is 24.3 Å². The fraction of sp³-hybridized carbons (Fsp3) is 0.393. The van der Waals surface area contributed by atoms with Crippen LogP contribution in [-0.2, 0) is 4.79 Å². The molecule has 2 aromatic carbocycles. The lowest BCUT2D eigenvalue weighted by molar-refractivity contribution is -0.198. The van der Waals surface area contributed by atoms with Crippen LogP contribution in [0, 0.1) is 5.41 Å². The van der Waals surface area contributed by atoms with E-state index in [-0.39, 0.29) is 33.4 Å². The summed E-state index contributed by atoms with van der Waals surface area (Å²) in [6.07, 6.45) is -5.27. The molecule has 13 heteroatoms. The van der Waals surface area contributed by atoms with Crippen molar-refractivity contribution in [3.63, 3.8) is 0 Å². The SMILES string of the molecule is COc1cccc(-c2cc(Cl)ccc2[C@@H](Oc2cc(N3CCC4(CC3)CN[C@H](C(=O)O)C4)nc(N)n2)C(F)(F)F)c1. The van der Waals surface area contributed by atoms with Crippen molar-refractivity contribution in [2.45, 2.75) is 37.6 Å². The Bertz CT molecular complexity index is 1430. The number of nitrogens with zero attached hydrogens (tertiary/aromatic N) is 3. The molecule has 1 spiro atoms. The molecule has 0 aliphatic carbocycles. The van der Waals surface area contributed by atoms with E-state index in [2.05, 4.69) is 15.3 Å². The van der Waals surface area contributed by atoms with Gasteiger partial charge in [-0.05, 0) is 60.1 Å². The third kappa shape index (κ3) is 6.28. The summed E-state index contributed by atoms with van der Waals surface area (Å²) in [6, 6.07) is 11.5. The predicted molar refractivity (Wildman–Crippen MR) is 147 cm³/mol. The van der Waals surface area contributed by atoms with Crippen LogP contribution in [0.25, 0.3) is 11.1 Å². The molecule has 2 saturated heterocycles. The number of carboxylic acid groups (broad SMARTS) is 1. The second kappa shape index (κ2) is 11.2. The molecule has 218 valence electrons. The zero-order valence-corrected chi connectivity index (χ0v) is 22.9. The van der Waals surface area contributed by atoms with Gasteiger partial charge >= 0.3 is 12.1 Å². The number of aliphatic carboxylic acids is 1. The number of aromatic nitrogens is 2. The largest absolute Gasteiger partial charge is 0.497 e. The van der Waals surface area contributed by atoms with Crippen molar-refractivity contribution in [2.24, 2.45) is 5.41 Å². The van der Waals surface area contributed by atoms with Gasteiger partial charge in [0.2, 0.25) is 17.9 Å². The molecular weight excluding hydrogens is 563 g/mol. The first-order chi connectivity index (χ1) is 19.5. The van der Waals surface area contributed by atoms with Gasteiger partial charge in [-0.1, -0.05) is 29.8 Å². The van der Waals surface area contributed by atoms with E-state index in [1.54, 1.807) is 24.3 Å². The van der Waals surface area contributed by atoms with E-state index in [1.807, 2.05) is 4.90 Å². The quantitative estimate of drug-likeness (QED) is 0.344. The topological polar surface area (TPSA) is 123 Å². The van der Waals surface area contributed by atoms with Gasteiger partial charge in [-0.25, -0.2) is 0 Å². The summed E-state index contributed by atoms with van der Waals surface area (Å²) in [5.74, 6) is -0.606. The minimum atomic E-state index is -4.81. The molecule has 0 unspecified atom stereocenters. The van der Waals surface area contributed by atoms with Crippen molar-refractivity contribution >= 4 is 29.3 Å². The van der Waals surface area contributed by atoms with Crippen LogP contribution in [0.5, 0.6) is 11.6 Å². The second-order valence-electron chi connectivity index (χ2n) is 10.4. The van der Waals surface area contributed by atoms with Gasteiger partial charge in [0.05, 0.1) is 7.11 Å². The number of halogens is 4. The molecule has 1 aromatic heterocycles. The molecule has 0 radical (unpaired) electrons. The molecule has 3 aromatic rings. The Morgan fingerprint density at radius 2 is 1.95 bits per heavy atom. The van der Waals surface area contributed by atoms with Gasteiger partial charge in [0.25, 0.3) is 0 Å². The zero-order chi connectivity index (χ0) is 29.4. The molecule has 2 atom stereocenters. The van der Waals surface area contributed by atoms with E-state index >= 15 is 0 Å². The molecular formula is C28H29ClF3N5O4. The van der Waals surface area contributed by atoms with Crippen molar-refractivity contribution < 1.29 is 32.5 Å². The lowest BCUT2D eigenvalue weighted by atomic mass is 9.76. The number of carbonyl (C=O) groups is 1. The molecule has 2 aliphatic rings. The first-order valence-corrected chi connectivity index (χ1v) is 13.4. The Labute approximate surface area is 239 Å². The maximum atomic E-state index is 14.5. The van der Waals surface area contributed by atoms with Gasteiger partial charge in [-0.3, -0.25) is 4.79 Å². The maximum absolute atomic E-state index is 14.5. The Balaban J connectivity index is 1.42. The summed E-state index contributed by atoms with van der Waals surface area (Å²) in [4.78, 5) is 21.5. The second-order valence-corrected chi connectivity index (χ2v) is 10.8. The molecule has 9 nitrogen and oxygen atoms in total. The fourth-order valence-corrected chi connectivity index (χ4v) is 5.73. The smallest absolute Gasteiger partial charge is 0.429 e. The molecule has 0 amide bonds. The highest BCUT2D eigenvalue weighted by Gasteiger charge is 2.46. The number of hydrogen-bond donors (Lipinski definition) is 3. The van der Waals surface area contributed by atoms with Crippen LogP contribution in [0.3, 0.4) is 0 Å².